The van der Waals surface area contributed by atoms with Gasteiger partial charge in [0.05, 0.1) is 13.2 Å². The van der Waals surface area contributed by atoms with E-state index in [1.165, 1.54) is 0 Å². The third kappa shape index (κ3) is 4.46. The molecule has 0 aliphatic rings. The summed E-state index contributed by atoms with van der Waals surface area (Å²) >= 11 is 3.33. The summed E-state index contributed by atoms with van der Waals surface area (Å²) in [5.74, 6) is -0.246. The lowest BCUT2D eigenvalue weighted by Crippen LogP contribution is -2.40. The number of benzene rings is 1. The Bertz CT molecular complexity index is 393. The third-order valence-corrected chi connectivity index (χ3v) is 2.68. The monoisotopic (exact) mass is 301 g/mol. The second kappa shape index (κ2) is 6.14. The number of aliphatic hydroxyl groups is 1. The lowest BCUT2D eigenvalue weighted by Gasteiger charge is -2.23. The van der Waals surface area contributed by atoms with Crippen LogP contribution in [0.15, 0.2) is 28.7 Å². The molecule has 0 fully saturated rings. The molecule has 0 radical (unpaired) electrons. The van der Waals surface area contributed by atoms with Gasteiger partial charge in [0, 0.05) is 10.2 Å². The van der Waals surface area contributed by atoms with Gasteiger partial charge in [-0.1, -0.05) is 22.0 Å². The molecule has 1 rings (SSSR count). The van der Waals surface area contributed by atoms with E-state index < -0.39 is 5.60 Å². The van der Waals surface area contributed by atoms with E-state index >= 15 is 0 Å². The third-order valence-electron chi connectivity index (χ3n) is 2.18. The first-order valence-corrected chi connectivity index (χ1v) is 6.07. The summed E-state index contributed by atoms with van der Waals surface area (Å²) in [6.07, 6.45) is 0. The Labute approximate surface area is 109 Å². The van der Waals surface area contributed by atoms with Crippen LogP contribution in [0.1, 0.15) is 13.8 Å². The fraction of sp³-hybridized carbons (Fsp3) is 0.417. The van der Waals surface area contributed by atoms with Crippen LogP contribution < -0.4 is 5.32 Å². The second-order valence-electron chi connectivity index (χ2n) is 4.05. The topological polar surface area (TPSA) is 58.6 Å². The predicted molar refractivity (Wildman–Crippen MR) is 69.9 cm³/mol. The molecule has 5 heteroatoms. The highest BCUT2D eigenvalue weighted by atomic mass is 79.9. The van der Waals surface area contributed by atoms with Gasteiger partial charge in [0.2, 0.25) is 0 Å². The van der Waals surface area contributed by atoms with Crippen molar-refractivity contribution in [1.82, 2.24) is 0 Å². The van der Waals surface area contributed by atoms with E-state index in [4.69, 9.17) is 9.84 Å². The number of hydrogen-bond acceptors (Lipinski definition) is 3. The van der Waals surface area contributed by atoms with Crippen molar-refractivity contribution in [3.05, 3.63) is 28.7 Å². The van der Waals surface area contributed by atoms with Crippen LogP contribution in [-0.2, 0) is 9.53 Å². The van der Waals surface area contributed by atoms with Gasteiger partial charge in [0.1, 0.15) is 5.60 Å². The number of hydrogen-bond donors (Lipinski definition) is 2. The maximum atomic E-state index is 11.9. The largest absolute Gasteiger partial charge is 0.394 e. The SMILES string of the molecule is CC(C)(OCCO)C(=O)Nc1cccc(Br)c1. The minimum Gasteiger partial charge on any atom is -0.394 e. The number of aliphatic hydroxyl groups excluding tert-OH is 1. The average Bonchev–Trinajstić information content (AvgIpc) is 2.26. The summed E-state index contributed by atoms with van der Waals surface area (Å²) < 4.78 is 6.16. The number of nitrogens with one attached hydrogen (secondary N) is 1. The molecular formula is C12H16BrNO3. The highest BCUT2D eigenvalue weighted by Gasteiger charge is 2.28. The molecule has 0 heterocycles. The Balaban J connectivity index is 2.65. The summed E-state index contributed by atoms with van der Waals surface area (Å²) in [4.78, 5) is 11.9. The van der Waals surface area contributed by atoms with Crippen molar-refractivity contribution in [2.45, 2.75) is 19.4 Å². The van der Waals surface area contributed by atoms with Gasteiger partial charge in [-0.3, -0.25) is 4.79 Å². The van der Waals surface area contributed by atoms with Crippen LogP contribution in [0, 0.1) is 0 Å². The van der Waals surface area contributed by atoms with Crippen LogP contribution in [0.2, 0.25) is 0 Å². The van der Waals surface area contributed by atoms with E-state index in [9.17, 15) is 4.79 Å². The first-order chi connectivity index (χ1) is 7.95. The van der Waals surface area contributed by atoms with E-state index in [1.54, 1.807) is 26.0 Å². The summed E-state index contributed by atoms with van der Waals surface area (Å²) in [5.41, 5.74) is -0.268. The molecule has 1 amide bonds. The minimum absolute atomic E-state index is 0.104. The van der Waals surface area contributed by atoms with Crippen molar-refractivity contribution in [3.8, 4) is 0 Å². The van der Waals surface area contributed by atoms with Crippen LogP contribution in [0.5, 0.6) is 0 Å². The maximum Gasteiger partial charge on any atom is 0.256 e. The molecule has 0 spiro atoms. The number of carbonyl (C=O) groups is 1. The molecule has 0 unspecified atom stereocenters. The van der Waals surface area contributed by atoms with Crippen molar-refractivity contribution in [1.29, 1.82) is 0 Å². The smallest absolute Gasteiger partial charge is 0.256 e. The minimum atomic E-state index is -0.967. The van der Waals surface area contributed by atoms with Crippen molar-refractivity contribution in [3.63, 3.8) is 0 Å². The Kier molecular flexibility index (Phi) is 5.11. The standard InChI is InChI=1S/C12H16BrNO3/c1-12(2,17-7-6-15)11(16)14-10-5-3-4-9(13)8-10/h3-5,8,15H,6-7H2,1-2H3,(H,14,16). The summed E-state index contributed by atoms with van der Waals surface area (Å²) in [5, 5.41) is 11.4. The van der Waals surface area contributed by atoms with Crippen molar-refractivity contribution in [2.75, 3.05) is 18.5 Å². The van der Waals surface area contributed by atoms with Crippen molar-refractivity contribution in [2.24, 2.45) is 0 Å². The van der Waals surface area contributed by atoms with Crippen LogP contribution in [0.25, 0.3) is 0 Å². The number of halogens is 1. The fourth-order valence-corrected chi connectivity index (χ4v) is 1.61. The van der Waals surface area contributed by atoms with Crippen molar-refractivity contribution < 1.29 is 14.6 Å². The number of anilines is 1. The molecule has 1 aromatic rings. The molecule has 94 valence electrons. The zero-order chi connectivity index (χ0) is 12.9. The lowest BCUT2D eigenvalue weighted by molar-refractivity contribution is -0.138. The summed E-state index contributed by atoms with van der Waals surface area (Å²) in [6, 6.07) is 7.31. The quantitative estimate of drug-likeness (QED) is 0.876. The van der Waals surface area contributed by atoms with Gasteiger partial charge in [-0.2, -0.15) is 0 Å². The van der Waals surface area contributed by atoms with Gasteiger partial charge in [-0.05, 0) is 32.0 Å². The van der Waals surface area contributed by atoms with E-state index in [1.807, 2.05) is 12.1 Å². The molecular weight excluding hydrogens is 286 g/mol. The number of carbonyl (C=O) groups excluding carboxylic acids is 1. The zero-order valence-electron chi connectivity index (χ0n) is 9.87. The summed E-state index contributed by atoms with van der Waals surface area (Å²) in [6.45, 7) is 3.36. The molecule has 0 aliphatic carbocycles. The first-order valence-electron chi connectivity index (χ1n) is 5.27. The molecule has 0 saturated heterocycles. The normalized spacial score (nSPS) is 11.3. The van der Waals surface area contributed by atoms with E-state index in [2.05, 4.69) is 21.2 Å². The number of ether oxygens (including phenoxy) is 1. The van der Waals surface area contributed by atoms with E-state index in [-0.39, 0.29) is 19.1 Å². The van der Waals surface area contributed by atoms with E-state index in [0.29, 0.717) is 5.69 Å². The van der Waals surface area contributed by atoms with Crippen LogP contribution in [-0.4, -0.2) is 29.8 Å². The predicted octanol–water partition coefficient (Wildman–Crippen LogP) is 2.18. The Morgan fingerprint density at radius 2 is 2.24 bits per heavy atom. The fourth-order valence-electron chi connectivity index (χ4n) is 1.21. The van der Waals surface area contributed by atoms with E-state index in [0.717, 1.165) is 4.47 Å². The lowest BCUT2D eigenvalue weighted by atomic mass is 10.1. The molecule has 0 aromatic heterocycles. The summed E-state index contributed by atoms with van der Waals surface area (Å²) in [7, 11) is 0. The Hall–Kier alpha value is -0.910. The molecule has 0 aliphatic heterocycles. The highest BCUT2D eigenvalue weighted by molar-refractivity contribution is 9.10. The molecule has 1 aromatic carbocycles. The van der Waals surface area contributed by atoms with Gasteiger partial charge >= 0.3 is 0 Å². The van der Waals surface area contributed by atoms with Gasteiger partial charge in [0.25, 0.3) is 5.91 Å². The molecule has 0 bridgehead atoms. The van der Waals surface area contributed by atoms with Crippen LogP contribution >= 0.6 is 15.9 Å². The molecule has 17 heavy (non-hydrogen) atoms. The molecule has 4 nitrogen and oxygen atoms in total. The van der Waals surface area contributed by atoms with Gasteiger partial charge in [0.15, 0.2) is 0 Å². The first kappa shape index (κ1) is 14.2. The highest BCUT2D eigenvalue weighted by Crippen LogP contribution is 2.18. The Morgan fingerprint density at radius 1 is 1.53 bits per heavy atom. The second-order valence-corrected chi connectivity index (χ2v) is 4.96. The van der Waals surface area contributed by atoms with Gasteiger partial charge < -0.3 is 15.2 Å². The molecule has 2 N–H and O–H groups in total. The average molecular weight is 302 g/mol. The molecule has 0 saturated carbocycles. The molecule has 0 atom stereocenters. The number of rotatable bonds is 5. The Morgan fingerprint density at radius 3 is 2.82 bits per heavy atom. The van der Waals surface area contributed by atoms with Gasteiger partial charge in [-0.25, -0.2) is 0 Å². The zero-order valence-corrected chi connectivity index (χ0v) is 11.5. The van der Waals surface area contributed by atoms with Gasteiger partial charge in [-0.15, -0.1) is 0 Å². The number of amides is 1. The maximum absolute atomic E-state index is 11.9. The van der Waals surface area contributed by atoms with Crippen LogP contribution in [0.3, 0.4) is 0 Å². The van der Waals surface area contributed by atoms with Crippen LogP contribution in [0.4, 0.5) is 5.69 Å². The van der Waals surface area contributed by atoms with Crippen molar-refractivity contribution >= 4 is 27.5 Å².